The molecule has 2 atom stereocenters. The molecule has 0 aromatic heterocycles. The summed E-state index contributed by atoms with van der Waals surface area (Å²) in [6.07, 6.45) is 22.0. The van der Waals surface area contributed by atoms with E-state index in [9.17, 15) is 0 Å². The molecule has 0 N–H and O–H groups in total. The molecule has 6 rings (SSSR count). The summed E-state index contributed by atoms with van der Waals surface area (Å²) < 4.78 is 1.51. The third-order valence-corrected chi connectivity index (χ3v) is 6.92. The molecule has 0 amide bonds. The maximum atomic E-state index is 3.52. The SMILES string of the molecule is C[C](C)=[Zr+2].[C-]1=CC2=C(CCCC2)[C@@H]1c1ccccc1.[C-]1=CC2=C(CCCC2)[C@H]1c1ccccc1.[Cl-].[Cl-]. The van der Waals surface area contributed by atoms with Crippen LogP contribution in [-0.4, -0.2) is 3.21 Å². The van der Waals surface area contributed by atoms with Crippen molar-refractivity contribution >= 4 is 3.21 Å². The van der Waals surface area contributed by atoms with E-state index in [0.717, 1.165) is 0 Å². The summed E-state index contributed by atoms with van der Waals surface area (Å²) >= 11 is 1.55. The summed E-state index contributed by atoms with van der Waals surface area (Å²) in [5, 5.41) is 0. The summed E-state index contributed by atoms with van der Waals surface area (Å²) in [5.41, 5.74) is 9.20. The third kappa shape index (κ3) is 8.38. The predicted octanol–water partition coefficient (Wildman–Crippen LogP) is 2.78. The average Bonchev–Trinajstić information content (AvgIpc) is 3.50. The molecule has 0 nitrogen and oxygen atoms in total. The van der Waals surface area contributed by atoms with Crippen molar-refractivity contribution in [2.45, 2.75) is 77.0 Å². The standard InChI is InChI=1S/2C15H15.C3H6.2ClH.Zr/c2*1-2-6-12(7-3-1)15-11-10-13-8-4-5-9-14(13)15;1-3-2;;;/h2*1-3,6-7,10,15H,4-5,8-9H2;1-2H3;2*1H;/q2*-1;;;;+2/p-2/t2*15-;;;;/m10..../s1. The summed E-state index contributed by atoms with van der Waals surface area (Å²) in [7, 11) is 0. The van der Waals surface area contributed by atoms with E-state index in [0.29, 0.717) is 11.8 Å². The van der Waals surface area contributed by atoms with E-state index in [2.05, 4.69) is 98.8 Å². The molecule has 0 aliphatic heterocycles. The van der Waals surface area contributed by atoms with Gasteiger partial charge in [0.1, 0.15) is 0 Å². The van der Waals surface area contributed by atoms with E-state index in [4.69, 9.17) is 0 Å². The van der Waals surface area contributed by atoms with Gasteiger partial charge >= 0.3 is 41.3 Å². The van der Waals surface area contributed by atoms with Crippen molar-refractivity contribution in [3.05, 3.63) is 118 Å². The molecule has 2 aromatic carbocycles. The molecule has 0 radical (unpaired) electrons. The first-order valence-electron chi connectivity index (χ1n) is 12.9. The van der Waals surface area contributed by atoms with Crippen LogP contribution in [0.25, 0.3) is 0 Å². The summed E-state index contributed by atoms with van der Waals surface area (Å²) in [4.78, 5) is 0. The Kier molecular flexibility index (Phi) is 13.6. The van der Waals surface area contributed by atoms with Crippen LogP contribution in [0.3, 0.4) is 0 Å². The van der Waals surface area contributed by atoms with E-state index >= 15 is 0 Å². The maximum Gasteiger partial charge on any atom is -0.0487 e. The van der Waals surface area contributed by atoms with Crippen LogP contribution >= 0.6 is 0 Å². The number of benzene rings is 2. The Morgan fingerprint density at radius 3 is 1.31 bits per heavy atom. The second-order valence-electron chi connectivity index (χ2n) is 9.82. The zero-order chi connectivity index (χ0) is 23.8. The average molecular weight is 595 g/mol. The second-order valence-corrected chi connectivity index (χ2v) is 12.3. The predicted molar refractivity (Wildman–Crippen MR) is 141 cm³/mol. The number of hydrogen-bond acceptors (Lipinski definition) is 0. The fourth-order valence-corrected chi connectivity index (χ4v) is 5.35. The Labute approximate surface area is 246 Å². The minimum atomic E-state index is 0. The Morgan fingerprint density at radius 2 is 0.944 bits per heavy atom. The molecule has 0 saturated carbocycles. The van der Waals surface area contributed by atoms with Gasteiger partial charge in [0, 0.05) is 0 Å². The monoisotopic (exact) mass is 592 g/mol. The van der Waals surface area contributed by atoms with Crippen LogP contribution in [0.4, 0.5) is 0 Å². The van der Waals surface area contributed by atoms with Crippen molar-refractivity contribution in [3.63, 3.8) is 0 Å². The molecule has 0 unspecified atom stereocenters. The third-order valence-electron chi connectivity index (χ3n) is 6.92. The largest absolute Gasteiger partial charge is 1.00 e. The van der Waals surface area contributed by atoms with Gasteiger partial charge in [-0.15, -0.1) is 0 Å². The Bertz CT molecular complexity index is 1010. The zero-order valence-corrected chi connectivity index (χ0v) is 25.5. The van der Waals surface area contributed by atoms with Crippen LogP contribution in [0.2, 0.25) is 0 Å². The van der Waals surface area contributed by atoms with Crippen LogP contribution in [0, 0.1) is 12.2 Å². The summed E-state index contributed by atoms with van der Waals surface area (Å²) in [6.45, 7) is 4.25. The quantitative estimate of drug-likeness (QED) is 0.470. The molecule has 4 aliphatic carbocycles. The van der Waals surface area contributed by atoms with Crippen molar-refractivity contribution in [2.75, 3.05) is 0 Å². The molecule has 0 fully saturated rings. The number of halogens is 2. The van der Waals surface area contributed by atoms with Gasteiger partial charge in [-0.25, -0.2) is 12.2 Å². The number of hydrogen-bond donors (Lipinski definition) is 0. The van der Waals surface area contributed by atoms with Gasteiger partial charge in [-0.3, -0.25) is 12.2 Å². The smallest absolute Gasteiger partial charge is 0.0487 e. The topological polar surface area (TPSA) is 0 Å². The normalized spacial score (nSPS) is 21.1. The molecular weight excluding hydrogens is 558 g/mol. The number of allylic oxidation sites excluding steroid dienone is 8. The van der Waals surface area contributed by atoms with E-state index < -0.39 is 0 Å². The van der Waals surface area contributed by atoms with E-state index in [1.807, 2.05) is 0 Å². The van der Waals surface area contributed by atoms with Gasteiger partial charge in [0.25, 0.3) is 0 Å². The molecule has 0 bridgehead atoms. The first kappa shape index (κ1) is 31.0. The van der Waals surface area contributed by atoms with Gasteiger partial charge in [0.05, 0.1) is 0 Å². The molecule has 4 aliphatic rings. The molecule has 0 spiro atoms. The minimum absolute atomic E-state index is 0. The Hall–Kier alpha value is -1.27. The van der Waals surface area contributed by atoms with Crippen molar-refractivity contribution in [1.82, 2.24) is 0 Å². The van der Waals surface area contributed by atoms with Crippen LogP contribution in [0.1, 0.15) is 88.2 Å². The first-order valence-corrected chi connectivity index (χ1v) is 14.1. The van der Waals surface area contributed by atoms with Crippen LogP contribution in [0.5, 0.6) is 0 Å². The van der Waals surface area contributed by atoms with Crippen molar-refractivity contribution in [2.24, 2.45) is 0 Å². The fraction of sp³-hybridized carbons (Fsp3) is 0.364. The minimum Gasteiger partial charge on any atom is -1.00 e. The summed E-state index contributed by atoms with van der Waals surface area (Å²) in [5.74, 6) is 0.919. The first-order chi connectivity index (χ1) is 16.6. The van der Waals surface area contributed by atoms with Gasteiger partial charge < -0.3 is 24.8 Å². The van der Waals surface area contributed by atoms with Gasteiger partial charge in [-0.05, 0) is 12.8 Å². The van der Waals surface area contributed by atoms with Crippen molar-refractivity contribution < 1.29 is 49.0 Å². The molecule has 36 heavy (non-hydrogen) atoms. The molecular formula is C33H36Cl2Zr-2. The fourth-order valence-electron chi connectivity index (χ4n) is 5.35. The maximum absolute atomic E-state index is 3.52. The van der Waals surface area contributed by atoms with Gasteiger partial charge in [-0.2, -0.15) is 22.3 Å². The van der Waals surface area contributed by atoms with Crippen LogP contribution < -0.4 is 24.8 Å². The Morgan fingerprint density at radius 1 is 0.611 bits per heavy atom. The number of rotatable bonds is 2. The molecule has 2 aromatic rings. The molecule has 188 valence electrons. The molecule has 0 heterocycles. The Balaban J connectivity index is 0.000000211. The zero-order valence-electron chi connectivity index (χ0n) is 21.5. The van der Waals surface area contributed by atoms with E-state index in [1.54, 1.807) is 46.5 Å². The van der Waals surface area contributed by atoms with Crippen molar-refractivity contribution in [1.29, 1.82) is 0 Å². The van der Waals surface area contributed by atoms with Gasteiger partial charge in [0.2, 0.25) is 0 Å². The summed E-state index contributed by atoms with van der Waals surface area (Å²) in [6, 6.07) is 21.5. The second kappa shape index (κ2) is 15.9. The van der Waals surface area contributed by atoms with E-state index in [1.165, 1.54) is 65.7 Å². The van der Waals surface area contributed by atoms with E-state index in [-0.39, 0.29) is 24.8 Å². The van der Waals surface area contributed by atoms with Crippen molar-refractivity contribution in [3.8, 4) is 0 Å². The van der Waals surface area contributed by atoms with Crippen LogP contribution in [-0.2, 0) is 24.2 Å². The van der Waals surface area contributed by atoms with Gasteiger partial charge in [-0.1, -0.05) is 122 Å². The van der Waals surface area contributed by atoms with Gasteiger partial charge in [0.15, 0.2) is 0 Å². The molecule has 0 saturated heterocycles. The molecule has 3 heteroatoms. The van der Waals surface area contributed by atoms with Crippen LogP contribution in [0.15, 0.2) is 95.1 Å².